The van der Waals surface area contributed by atoms with Crippen LogP contribution >= 0.6 is 0 Å². The Morgan fingerprint density at radius 3 is 2.35 bits per heavy atom. The van der Waals surface area contributed by atoms with E-state index >= 15 is 0 Å². The minimum absolute atomic E-state index is 1.03. The molecular formula is C17H20. The molecule has 0 atom stereocenters. The Morgan fingerprint density at radius 2 is 1.71 bits per heavy atom. The molecule has 1 aliphatic carbocycles. The second-order valence-corrected chi connectivity index (χ2v) is 4.44. The fourth-order valence-corrected chi connectivity index (χ4v) is 2.07. The van der Waals surface area contributed by atoms with Gasteiger partial charge in [0.05, 0.1) is 0 Å². The smallest absolute Gasteiger partial charge is 0.00883 e. The number of rotatable bonds is 3. The topological polar surface area (TPSA) is 0 Å². The van der Waals surface area contributed by atoms with Crippen LogP contribution in [0, 0.1) is 0 Å². The van der Waals surface area contributed by atoms with Crippen molar-refractivity contribution in [2.75, 3.05) is 0 Å². The highest BCUT2D eigenvalue weighted by Crippen LogP contribution is 2.23. The summed E-state index contributed by atoms with van der Waals surface area (Å²) in [4.78, 5) is 0. The zero-order valence-electron chi connectivity index (χ0n) is 10.7. The van der Waals surface area contributed by atoms with E-state index in [2.05, 4.69) is 62.4 Å². The van der Waals surface area contributed by atoms with E-state index in [-0.39, 0.29) is 0 Å². The molecule has 1 aliphatic rings. The van der Waals surface area contributed by atoms with Crippen LogP contribution in [0.2, 0.25) is 0 Å². The van der Waals surface area contributed by atoms with Gasteiger partial charge >= 0.3 is 0 Å². The summed E-state index contributed by atoms with van der Waals surface area (Å²) in [6.07, 6.45) is 12.3. The maximum atomic E-state index is 2.27. The van der Waals surface area contributed by atoms with Crippen LogP contribution in [0.4, 0.5) is 0 Å². The number of hydrogen-bond acceptors (Lipinski definition) is 0. The first-order valence-electron chi connectivity index (χ1n) is 6.49. The first kappa shape index (κ1) is 11.9. The number of hydrogen-bond donors (Lipinski definition) is 0. The molecule has 0 amide bonds. The van der Waals surface area contributed by atoms with E-state index in [0.717, 1.165) is 19.3 Å². The van der Waals surface area contributed by atoms with Crippen LogP contribution in [0.5, 0.6) is 0 Å². The lowest BCUT2D eigenvalue weighted by atomic mass is 10.0. The van der Waals surface area contributed by atoms with Gasteiger partial charge in [0.15, 0.2) is 0 Å². The van der Waals surface area contributed by atoms with Crippen molar-refractivity contribution in [1.82, 2.24) is 0 Å². The van der Waals surface area contributed by atoms with Gasteiger partial charge in [0.1, 0.15) is 0 Å². The monoisotopic (exact) mass is 224 g/mol. The van der Waals surface area contributed by atoms with Crippen molar-refractivity contribution in [2.45, 2.75) is 33.1 Å². The highest BCUT2D eigenvalue weighted by molar-refractivity contribution is 5.69. The highest BCUT2D eigenvalue weighted by atomic mass is 14.1. The van der Waals surface area contributed by atoms with E-state index in [1.54, 1.807) is 0 Å². The van der Waals surface area contributed by atoms with E-state index < -0.39 is 0 Å². The molecule has 0 fully saturated rings. The molecule has 0 unspecified atom stereocenters. The Balaban J connectivity index is 2.25. The maximum absolute atomic E-state index is 2.27. The predicted octanol–water partition coefficient (Wildman–Crippen LogP) is 4.93. The van der Waals surface area contributed by atoms with Crippen LogP contribution in [-0.4, -0.2) is 0 Å². The van der Waals surface area contributed by atoms with Gasteiger partial charge in [-0.3, -0.25) is 0 Å². The molecule has 0 aromatic heterocycles. The van der Waals surface area contributed by atoms with Gasteiger partial charge in [-0.1, -0.05) is 62.4 Å². The normalized spacial score (nSPS) is 15.2. The average Bonchev–Trinajstić information content (AvgIpc) is 2.64. The van der Waals surface area contributed by atoms with Crippen LogP contribution in [0.3, 0.4) is 0 Å². The molecule has 0 aliphatic heterocycles. The van der Waals surface area contributed by atoms with Crippen LogP contribution in [-0.2, 0) is 6.42 Å². The van der Waals surface area contributed by atoms with Crippen molar-refractivity contribution < 1.29 is 0 Å². The highest BCUT2D eigenvalue weighted by Gasteiger charge is 2.02. The van der Waals surface area contributed by atoms with Gasteiger partial charge in [0.2, 0.25) is 0 Å². The lowest BCUT2D eigenvalue weighted by molar-refractivity contribution is 1.14. The zero-order valence-corrected chi connectivity index (χ0v) is 10.7. The molecule has 0 spiro atoms. The largest absolute Gasteiger partial charge is 0.0798 e. The average molecular weight is 224 g/mol. The SMILES string of the molecule is CCC1=CC=C(c2ccc(CC)cc2)CC=C1. The van der Waals surface area contributed by atoms with Crippen molar-refractivity contribution in [3.8, 4) is 0 Å². The van der Waals surface area contributed by atoms with E-state index in [9.17, 15) is 0 Å². The summed E-state index contributed by atoms with van der Waals surface area (Å²) >= 11 is 0. The Labute approximate surface area is 104 Å². The standard InChI is InChI=1S/C17H20/c1-3-14-6-5-7-16(11-8-14)17-12-9-15(4-2)10-13-17/h5-6,8-13H,3-4,7H2,1-2H3. The van der Waals surface area contributed by atoms with Crippen molar-refractivity contribution >= 4 is 5.57 Å². The Hall–Kier alpha value is -1.56. The molecule has 0 saturated heterocycles. The summed E-state index contributed by atoms with van der Waals surface area (Å²) in [6, 6.07) is 8.94. The third kappa shape index (κ3) is 2.97. The van der Waals surface area contributed by atoms with Gasteiger partial charge in [-0.25, -0.2) is 0 Å². The van der Waals surface area contributed by atoms with Gasteiger partial charge in [-0.05, 0) is 41.5 Å². The van der Waals surface area contributed by atoms with Gasteiger partial charge in [-0.2, -0.15) is 0 Å². The molecule has 0 bridgehead atoms. The molecule has 0 heteroatoms. The Bertz CT molecular complexity index is 455. The molecule has 88 valence electrons. The lowest BCUT2D eigenvalue weighted by Gasteiger charge is -2.05. The molecule has 17 heavy (non-hydrogen) atoms. The molecule has 2 rings (SSSR count). The van der Waals surface area contributed by atoms with Crippen LogP contribution in [0.25, 0.3) is 5.57 Å². The second kappa shape index (κ2) is 5.67. The summed E-state index contributed by atoms with van der Waals surface area (Å²) in [5, 5.41) is 0. The molecule has 0 nitrogen and oxygen atoms in total. The summed E-state index contributed by atoms with van der Waals surface area (Å²) in [7, 11) is 0. The minimum Gasteiger partial charge on any atom is -0.0798 e. The van der Waals surface area contributed by atoms with Crippen molar-refractivity contribution in [3.05, 3.63) is 65.3 Å². The number of allylic oxidation sites excluding steroid dienone is 6. The van der Waals surface area contributed by atoms with Gasteiger partial charge in [-0.15, -0.1) is 0 Å². The third-order valence-electron chi connectivity index (χ3n) is 3.31. The minimum atomic E-state index is 1.03. The first-order chi connectivity index (χ1) is 8.33. The van der Waals surface area contributed by atoms with E-state index in [1.165, 1.54) is 22.3 Å². The molecular weight excluding hydrogens is 204 g/mol. The lowest BCUT2D eigenvalue weighted by Crippen LogP contribution is -1.85. The molecule has 0 heterocycles. The predicted molar refractivity (Wildman–Crippen MR) is 75.9 cm³/mol. The summed E-state index contributed by atoms with van der Waals surface area (Å²) in [5.74, 6) is 0. The van der Waals surface area contributed by atoms with E-state index in [0.29, 0.717) is 0 Å². The molecule has 0 N–H and O–H groups in total. The maximum Gasteiger partial charge on any atom is -0.00883 e. The number of aryl methyl sites for hydroxylation is 1. The summed E-state index contributed by atoms with van der Waals surface area (Å²) in [5.41, 5.74) is 5.57. The second-order valence-electron chi connectivity index (χ2n) is 4.44. The Kier molecular flexibility index (Phi) is 3.98. The molecule has 1 aromatic carbocycles. The van der Waals surface area contributed by atoms with Crippen LogP contribution in [0.15, 0.2) is 54.1 Å². The van der Waals surface area contributed by atoms with Crippen molar-refractivity contribution in [3.63, 3.8) is 0 Å². The Morgan fingerprint density at radius 1 is 0.941 bits per heavy atom. The quantitative estimate of drug-likeness (QED) is 0.683. The molecule has 0 saturated carbocycles. The zero-order chi connectivity index (χ0) is 12.1. The first-order valence-corrected chi connectivity index (χ1v) is 6.49. The third-order valence-corrected chi connectivity index (χ3v) is 3.31. The van der Waals surface area contributed by atoms with E-state index in [4.69, 9.17) is 0 Å². The van der Waals surface area contributed by atoms with E-state index in [1.807, 2.05) is 0 Å². The van der Waals surface area contributed by atoms with Crippen LogP contribution < -0.4 is 0 Å². The van der Waals surface area contributed by atoms with Crippen LogP contribution in [0.1, 0.15) is 37.8 Å². The molecule has 0 radical (unpaired) electrons. The fraction of sp³-hybridized carbons (Fsp3) is 0.294. The van der Waals surface area contributed by atoms with Gasteiger partial charge < -0.3 is 0 Å². The summed E-state index contributed by atoms with van der Waals surface area (Å²) in [6.45, 7) is 4.39. The summed E-state index contributed by atoms with van der Waals surface area (Å²) < 4.78 is 0. The number of benzene rings is 1. The van der Waals surface area contributed by atoms with Gasteiger partial charge in [0.25, 0.3) is 0 Å². The molecule has 1 aromatic rings. The fourth-order valence-electron chi connectivity index (χ4n) is 2.07. The van der Waals surface area contributed by atoms with Crippen molar-refractivity contribution in [2.24, 2.45) is 0 Å². The van der Waals surface area contributed by atoms with Crippen molar-refractivity contribution in [1.29, 1.82) is 0 Å². The van der Waals surface area contributed by atoms with Gasteiger partial charge in [0, 0.05) is 0 Å².